The third-order valence-electron chi connectivity index (χ3n) is 3.39. The minimum atomic E-state index is -0.293. The monoisotopic (exact) mass is 300 g/mol. The molecule has 3 rings (SSSR count). The first-order valence-electron chi connectivity index (χ1n) is 7.02. The Morgan fingerprint density at radius 2 is 2.09 bits per heavy atom. The number of amides is 1. The maximum atomic E-state index is 12.3. The molecule has 0 aliphatic carbocycles. The average molecular weight is 300 g/mol. The molecule has 114 valence electrons. The average Bonchev–Trinajstić information content (AvgIpc) is 2.57. The molecule has 0 unspecified atom stereocenters. The largest absolute Gasteiger partial charge is 0.378 e. The summed E-state index contributed by atoms with van der Waals surface area (Å²) in [7, 11) is 0. The Bertz CT molecular complexity index is 702. The van der Waals surface area contributed by atoms with Crippen LogP contribution >= 0.6 is 0 Å². The van der Waals surface area contributed by atoms with Gasteiger partial charge in [0.05, 0.1) is 24.5 Å². The molecular formula is C15H16N4O3. The van der Waals surface area contributed by atoms with Gasteiger partial charge in [-0.25, -0.2) is 4.98 Å². The van der Waals surface area contributed by atoms with Crippen molar-refractivity contribution in [2.75, 3.05) is 36.5 Å². The minimum absolute atomic E-state index is 0.244. The van der Waals surface area contributed by atoms with E-state index in [0.717, 1.165) is 18.9 Å². The molecule has 0 bridgehead atoms. The van der Waals surface area contributed by atoms with Crippen LogP contribution in [0.2, 0.25) is 0 Å². The van der Waals surface area contributed by atoms with Gasteiger partial charge in [0.1, 0.15) is 0 Å². The van der Waals surface area contributed by atoms with Crippen molar-refractivity contribution in [1.82, 2.24) is 9.97 Å². The molecule has 2 aromatic rings. The van der Waals surface area contributed by atoms with E-state index in [2.05, 4.69) is 20.2 Å². The number of nitrogens with zero attached hydrogens (tertiary/aromatic N) is 2. The number of rotatable bonds is 3. The normalized spacial score (nSPS) is 14.6. The summed E-state index contributed by atoms with van der Waals surface area (Å²) in [5, 5.41) is 2.84. The first kappa shape index (κ1) is 14.3. The summed E-state index contributed by atoms with van der Waals surface area (Å²) < 4.78 is 5.33. The van der Waals surface area contributed by atoms with Gasteiger partial charge in [-0.1, -0.05) is 0 Å². The molecule has 22 heavy (non-hydrogen) atoms. The zero-order valence-electron chi connectivity index (χ0n) is 11.9. The fraction of sp³-hybridized carbons (Fsp3) is 0.267. The van der Waals surface area contributed by atoms with Crippen LogP contribution in [0.3, 0.4) is 0 Å². The van der Waals surface area contributed by atoms with Crippen LogP contribution in [0, 0.1) is 0 Å². The molecule has 7 nitrogen and oxygen atoms in total. The van der Waals surface area contributed by atoms with E-state index >= 15 is 0 Å². The van der Waals surface area contributed by atoms with Gasteiger partial charge < -0.3 is 19.9 Å². The second-order valence-corrected chi connectivity index (χ2v) is 4.87. The van der Waals surface area contributed by atoms with Gasteiger partial charge in [0.15, 0.2) is 5.82 Å². The molecule has 1 aliphatic heterocycles. The lowest BCUT2D eigenvalue weighted by Gasteiger charge is -2.29. The Hall–Kier alpha value is -2.67. The third kappa shape index (κ3) is 3.15. The van der Waals surface area contributed by atoms with Crippen molar-refractivity contribution in [3.63, 3.8) is 0 Å². The van der Waals surface area contributed by atoms with E-state index in [-0.39, 0.29) is 11.5 Å². The topological polar surface area (TPSA) is 87.3 Å². The Labute approximate surface area is 126 Å². The molecule has 3 heterocycles. The van der Waals surface area contributed by atoms with Gasteiger partial charge in [0.2, 0.25) is 5.56 Å². The predicted octanol–water partition coefficient (Wildman–Crippen LogP) is 0.859. The summed E-state index contributed by atoms with van der Waals surface area (Å²) in [6.07, 6.45) is 3.09. The molecule has 0 radical (unpaired) electrons. The lowest BCUT2D eigenvalue weighted by atomic mass is 10.2. The van der Waals surface area contributed by atoms with E-state index in [0.29, 0.717) is 24.5 Å². The van der Waals surface area contributed by atoms with Crippen molar-refractivity contribution in [3.8, 4) is 0 Å². The SMILES string of the molecule is O=C(Nc1cccnc1N1CCOCC1)c1ccc(=O)[nH]c1. The van der Waals surface area contributed by atoms with Crippen molar-refractivity contribution in [2.24, 2.45) is 0 Å². The summed E-state index contributed by atoms with van der Waals surface area (Å²) in [5.74, 6) is 0.433. The van der Waals surface area contributed by atoms with E-state index in [4.69, 9.17) is 4.74 Å². The number of nitrogens with one attached hydrogen (secondary N) is 2. The van der Waals surface area contributed by atoms with Gasteiger partial charge in [-0.3, -0.25) is 9.59 Å². The highest BCUT2D eigenvalue weighted by Gasteiger charge is 2.17. The number of H-pyrrole nitrogens is 1. The smallest absolute Gasteiger partial charge is 0.257 e. The Morgan fingerprint density at radius 3 is 2.82 bits per heavy atom. The van der Waals surface area contributed by atoms with Gasteiger partial charge in [-0.2, -0.15) is 0 Å². The van der Waals surface area contributed by atoms with Crippen LogP contribution in [0.5, 0.6) is 0 Å². The Balaban J connectivity index is 1.81. The quantitative estimate of drug-likeness (QED) is 0.878. The molecule has 0 spiro atoms. The van der Waals surface area contributed by atoms with E-state index in [1.807, 2.05) is 0 Å². The van der Waals surface area contributed by atoms with Crippen LogP contribution in [0.15, 0.2) is 41.5 Å². The summed E-state index contributed by atoms with van der Waals surface area (Å²) in [6.45, 7) is 2.75. The van der Waals surface area contributed by atoms with E-state index in [9.17, 15) is 9.59 Å². The van der Waals surface area contributed by atoms with Crippen LogP contribution in [0.4, 0.5) is 11.5 Å². The number of aromatic amines is 1. The van der Waals surface area contributed by atoms with Gasteiger partial charge in [-0.05, 0) is 18.2 Å². The Kier molecular flexibility index (Phi) is 4.15. The van der Waals surface area contributed by atoms with Gasteiger partial charge in [0, 0.05) is 31.5 Å². The Morgan fingerprint density at radius 1 is 1.27 bits per heavy atom. The lowest BCUT2D eigenvalue weighted by Crippen LogP contribution is -2.37. The highest BCUT2D eigenvalue weighted by Crippen LogP contribution is 2.23. The second-order valence-electron chi connectivity index (χ2n) is 4.87. The number of aromatic nitrogens is 2. The van der Waals surface area contributed by atoms with Crippen molar-refractivity contribution in [1.29, 1.82) is 0 Å². The van der Waals surface area contributed by atoms with Gasteiger partial charge in [-0.15, -0.1) is 0 Å². The highest BCUT2D eigenvalue weighted by atomic mass is 16.5. The van der Waals surface area contributed by atoms with Crippen molar-refractivity contribution < 1.29 is 9.53 Å². The molecule has 7 heteroatoms. The molecule has 1 fully saturated rings. The summed E-state index contributed by atoms with van der Waals surface area (Å²) >= 11 is 0. The van der Waals surface area contributed by atoms with E-state index in [1.165, 1.54) is 18.3 Å². The van der Waals surface area contributed by atoms with E-state index < -0.39 is 0 Å². The van der Waals surface area contributed by atoms with Crippen LogP contribution in [0.1, 0.15) is 10.4 Å². The fourth-order valence-electron chi connectivity index (χ4n) is 2.27. The lowest BCUT2D eigenvalue weighted by molar-refractivity contribution is 0.102. The number of carbonyl (C=O) groups excluding carboxylic acids is 1. The number of anilines is 2. The second kappa shape index (κ2) is 6.40. The van der Waals surface area contributed by atoms with Crippen LogP contribution in [-0.2, 0) is 4.74 Å². The summed E-state index contributed by atoms with van der Waals surface area (Å²) in [6, 6.07) is 6.38. The number of pyridine rings is 2. The summed E-state index contributed by atoms with van der Waals surface area (Å²) in [5.41, 5.74) is 0.781. The van der Waals surface area contributed by atoms with Crippen molar-refractivity contribution in [3.05, 3.63) is 52.6 Å². The third-order valence-corrected chi connectivity index (χ3v) is 3.39. The molecule has 1 amide bonds. The van der Waals surface area contributed by atoms with Crippen LogP contribution < -0.4 is 15.8 Å². The molecule has 2 aromatic heterocycles. The molecule has 0 atom stereocenters. The molecule has 1 aliphatic rings. The van der Waals surface area contributed by atoms with Gasteiger partial charge in [0.25, 0.3) is 5.91 Å². The molecule has 0 aromatic carbocycles. The number of hydrogen-bond donors (Lipinski definition) is 2. The molecule has 0 saturated carbocycles. The van der Waals surface area contributed by atoms with Crippen molar-refractivity contribution >= 4 is 17.4 Å². The zero-order valence-corrected chi connectivity index (χ0v) is 11.9. The number of carbonyl (C=O) groups is 1. The van der Waals surface area contributed by atoms with Crippen LogP contribution in [-0.4, -0.2) is 42.2 Å². The number of ether oxygens (including phenoxy) is 1. The maximum Gasteiger partial charge on any atom is 0.257 e. The number of morpholine rings is 1. The fourth-order valence-corrected chi connectivity index (χ4v) is 2.27. The maximum absolute atomic E-state index is 12.3. The van der Waals surface area contributed by atoms with Gasteiger partial charge >= 0.3 is 0 Å². The standard InChI is InChI=1S/C15H16N4O3/c20-13-4-3-11(10-17-13)15(21)18-12-2-1-5-16-14(12)19-6-8-22-9-7-19/h1-5,10H,6-9H2,(H,17,20)(H,18,21). The van der Waals surface area contributed by atoms with Crippen molar-refractivity contribution in [2.45, 2.75) is 0 Å². The predicted molar refractivity (Wildman–Crippen MR) is 82.3 cm³/mol. The molecule has 2 N–H and O–H groups in total. The van der Waals surface area contributed by atoms with Crippen LogP contribution in [0.25, 0.3) is 0 Å². The minimum Gasteiger partial charge on any atom is -0.378 e. The first-order valence-corrected chi connectivity index (χ1v) is 7.02. The number of hydrogen-bond acceptors (Lipinski definition) is 5. The summed E-state index contributed by atoms with van der Waals surface area (Å²) in [4.78, 5) is 32.2. The first-order chi connectivity index (χ1) is 10.7. The molecule has 1 saturated heterocycles. The highest BCUT2D eigenvalue weighted by molar-refractivity contribution is 6.05. The zero-order chi connectivity index (χ0) is 15.4. The van der Waals surface area contributed by atoms with E-state index in [1.54, 1.807) is 18.3 Å². The molecular weight excluding hydrogens is 284 g/mol.